The van der Waals surface area contributed by atoms with Crippen LogP contribution in [0.25, 0.3) is 0 Å². The van der Waals surface area contributed by atoms with Crippen LogP contribution in [0.2, 0.25) is 0 Å². The molecular formula is C28H30FN3O2S. The predicted octanol–water partition coefficient (Wildman–Crippen LogP) is 4.52. The van der Waals surface area contributed by atoms with E-state index in [1.807, 2.05) is 47.1 Å². The molecule has 0 saturated carbocycles. The Balaban J connectivity index is 1.27. The topological polar surface area (TPSA) is 43.9 Å². The first kappa shape index (κ1) is 23.7. The van der Waals surface area contributed by atoms with E-state index >= 15 is 0 Å². The summed E-state index contributed by atoms with van der Waals surface area (Å²) in [5, 5.41) is 2.08. The lowest BCUT2D eigenvalue weighted by Gasteiger charge is -2.37. The highest BCUT2D eigenvalue weighted by Crippen LogP contribution is 2.37. The Morgan fingerprint density at radius 2 is 1.74 bits per heavy atom. The highest BCUT2D eigenvalue weighted by molar-refractivity contribution is 7.10. The number of rotatable bonds is 4. The van der Waals surface area contributed by atoms with Crippen molar-refractivity contribution >= 4 is 23.2 Å². The zero-order chi connectivity index (χ0) is 24.4. The van der Waals surface area contributed by atoms with Crippen molar-refractivity contribution in [2.24, 2.45) is 0 Å². The van der Waals surface area contributed by atoms with Crippen LogP contribution in [0.3, 0.4) is 0 Å². The van der Waals surface area contributed by atoms with E-state index in [2.05, 4.69) is 16.3 Å². The minimum absolute atomic E-state index is 0.0199. The number of hydrogen-bond donors (Lipinski definition) is 0. The molecule has 2 aromatic carbocycles. The minimum Gasteiger partial charge on any atom is -0.340 e. The molecule has 1 atom stereocenters. The third kappa shape index (κ3) is 5.16. The van der Waals surface area contributed by atoms with E-state index in [9.17, 15) is 14.0 Å². The summed E-state index contributed by atoms with van der Waals surface area (Å²) < 4.78 is 14.1. The summed E-state index contributed by atoms with van der Waals surface area (Å²) in [6, 6.07) is 16.3. The van der Waals surface area contributed by atoms with Crippen LogP contribution in [0, 0.1) is 12.7 Å². The lowest BCUT2D eigenvalue weighted by molar-refractivity contribution is -0.132. The van der Waals surface area contributed by atoms with Gasteiger partial charge in [0.15, 0.2) is 0 Å². The van der Waals surface area contributed by atoms with Gasteiger partial charge >= 0.3 is 0 Å². The number of fused-ring (bicyclic) bond motifs is 1. The van der Waals surface area contributed by atoms with Gasteiger partial charge in [-0.25, -0.2) is 4.39 Å². The van der Waals surface area contributed by atoms with Gasteiger partial charge in [0.2, 0.25) is 5.91 Å². The van der Waals surface area contributed by atoms with Crippen molar-refractivity contribution in [3.63, 3.8) is 0 Å². The molecule has 3 heterocycles. The number of benzene rings is 2. The maximum absolute atomic E-state index is 14.1. The summed E-state index contributed by atoms with van der Waals surface area (Å²) in [5.41, 5.74) is 3.86. The van der Waals surface area contributed by atoms with Gasteiger partial charge in [0.25, 0.3) is 5.91 Å². The van der Waals surface area contributed by atoms with Crippen molar-refractivity contribution in [2.75, 3.05) is 39.3 Å². The van der Waals surface area contributed by atoms with Crippen molar-refractivity contribution < 1.29 is 14.0 Å². The van der Waals surface area contributed by atoms with Crippen LogP contribution < -0.4 is 0 Å². The molecule has 35 heavy (non-hydrogen) atoms. The normalized spacial score (nSPS) is 18.7. The molecule has 182 valence electrons. The highest BCUT2D eigenvalue weighted by Gasteiger charge is 2.32. The van der Waals surface area contributed by atoms with Crippen LogP contribution >= 0.6 is 11.3 Å². The summed E-state index contributed by atoms with van der Waals surface area (Å²) in [6.45, 7) is 5.38. The van der Waals surface area contributed by atoms with Gasteiger partial charge in [-0.3, -0.25) is 14.5 Å². The lowest BCUT2D eigenvalue weighted by atomic mass is 9.93. The molecule has 1 unspecified atom stereocenters. The Labute approximate surface area is 209 Å². The van der Waals surface area contributed by atoms with Gasteiger partial charge in [-0.2, -0.15) is 0 Å². The smallest absolute Gasteiger partial charge is 0.253 e. The molecule has 2 aliphatic heterocycles. The van der Waals surface area contributed by atoms with Crippen LogP contribution in [-0.4, -0.2) is 65.8 Å². The lowest BCUT2D eigenvalue weighted by Crippen LogP contribution is -2.45. The highest BCUT2D eigenvalue weighted by atomic mass is 32.1. The Morgan fingerprint density at radius 1 is 0.971 bits per heavy atom. The Kier molecular flexibility index (Phi) is 6.97. The Morgan fingerprint density at radius 3 is 2.54 bits per heavy atom. The van der Waals surface area contributed by atoms with E-state index in [4.69, 9.17) is 0 Å². The second-order valence-corrected chi connectivity index (χ2v) is 10.4. The number of thiophene rings is 1. The van der Waals surface area contributed by atoms with E-state index in [0.29, 0.717) is 31.7 Å². The summed E-state index contributed by atoms with van der Waals surface area (Å²) in [6.07, 6.45) is 1.65. The summed E-state index contributed by atoms with van der Waals surface area (Å²) in [4.78, 5) is 33.6. The van der Waals surface area contributed by atoms with Gasteiger partial charge in [-0.1, -0.05) is 29.8 Å². The molecule has 0 N–H and O–H groups in total. The number of aryl methyl sites for hydroxylation is 1. The van der Waals surface area contributed by atoms with Gasteiger partial charge in [0.05, 0.1) is 12.6 Å². The second-order valence-electron chi connectivity index (χ2n) is 9.37. The van der Waals surface area contributed by atoms with Crippen molar-refractivity contribution in [3.05, 3.63) is 92.9 Å². The fourth-order valence-electron chi connectivity index (χ4n) is 5.13. The summed E-state index contributed by atoms with van der Waals surface area (Å²) in [7, 11) is 0. The molecule has 2 aliphatic rings. The van der Waals surface area contributed by atoms with Gasteiger partial charge in [-0.05, 0) is 66.6 Å². The predicted molar refractivity (Wildman–Crippen MR) is 136 cm³/mol. The average molecular weight is 492 g/mol. The molecular weight excluding hydrogens is 461 g/mol. The molecule has 1 fully saturated rings. The number of amides is 2. The molecule has 0 aliphatic carbocycles. The first-order valence-corrected chi connectivity index (χ1v) is 13.1. The molecule has 5 nitrogen and oxygen atoms in total. The summed E-state index contributed by atoms with van der Waals surface area (Å²) in [5.74, 6) is -0.178. The quantitative estimate of drug-likeness (QED) is 0.539. The van der Waals surface area contributed by atoms with E-state index < -0.39 is 0 Å². The van der Waals surface area contributed by atoms with Crippen molar-refractivity contribution in [2.45, 2.75) is 25.8 Å². The first-order valence-electron chi connectivity index (χ1n) is 12.2. The molecule has 2 amide bonds. The number of halogens is 1. The van der Waals surface area contributed by atoms with E-state index in [1.54, 1.807) is 23.5 Å². The van der Waals surface area contributed by atoms with Crippen LogP contribution in [0.4, 0.5) is 4.39 Å². The molecule has 1 saturated heterocycles. The molecule has 7 heteroatoms. The third-order valence-electron chi connectivity index (χ3n) is 7.00. The van der Waals surface area contributed by atoms with Crippen LogP contribution in [0.15, 0.2) is 60.0 Å². The zero-order valence-electron chi connectivity index (χ0n) is 20.0. The number of nitrogens with zero attached hydrogens (tertiary/aromatic N) is 3. The van der Waals surface area contributed by atoms with E-state index in [-0.39, 0.29) is 30.2 Å². The third-order valence-corrected chi connectivity index (χ3v) is 8.00. The molecule has 0 radical (unpaired) electrons. The SMILES string of the molecule is Cc1ccc(C(=O)N2CCCN(C(=O)CN3CCc4sccc4C3c3cccc(F)c3)CC2)cc1. The standard InChI is InChI=1S/C28H30FN3O2S/c1-20-6-8-21(9-7-20)28(34)31-13-3-12-30(15-16-31)26(33)19-32-14-10-25-24(11-17-35-25)27(32)22-4-2-5-23(29)18-22/h2,4-9,11,17-18,27H,3,10,12-16,19H2,1H3. The van der Waals surface area contributed by atoms with Crippen molar-refractivity contribution in [1.82, 2.24) is 14.7 Å². The van der Waals surface area contributed by atoms with Crippen LogP contribution in [0.5, 0.6) is 0 Å². The molecule has 0 spiro atoms. The zero-order valence-corrected chi connectivity index (χ0v) is 20.8. The fraction of sp³-hybridized carbons (Fsp3) is 0.357. The number of hydrogen-bond acceptors (Lipinski definition) is 4. The molecule has 3 aromatic rings. The van der Waals surface area contributed by atoms with Crippen LogP contribution in [0.1, 0.15) is 44.4 Å². The van der Waals surface area contributed by atoms with E-state index in [1.165, 1.54) is 16.5 Å². The molecule has 1 aromatic heterocycles. The fourth-order valence-corrected chi connectivity index (χ4v) is 6.03. The van der Waals surface area contributed by atoms with Crippen molar-refractivity contribution in [1.29, 1.82) is 0 Å². The number of carbonyl (C=O) groups is 2. The maximum atomic E-state index is 14.1. The Hall–Kier alpha value is -3.03. The Bertz CT molecular complexity index is 1210. The average Bonchev–Trinajstić information content (AvgIpc) is 3.19. The van der Waals surface area contributed by atoms with Crippen LogP contribution in [-0.2, 0) is 11.2 Å². The minimum atomic E-state index is -0.262. The van der Waals surface area contributed by atoms with E-state index in [0.717, 1.165) is 30.5 Å². The van der Waals surface area contributed by atoms with Gasteiger partial charge in [0, 0.05) is 43.2 Å². The number of carbonyl (C=O) groups excluding carboxylic acids is 2. The summed E-state index contributed by atoms with van der Waals surface area (Å²) >= 11 is 1.73. The first-order chi connectivity index (χ1) is 17.0. The molecule has 0 bridgehead atoms. The van der Waals surface area contributed by atoms with Gasteiger partial charge in [-0.15, -0.1) is 11.3 Å². The largest absolute Gasteiger partial charge is 0.340 e. The van der Waals surface area contributed by atoms with Crippen molar-refractivity contribution in [3.8, 4) is 0 Å². The van der Waals surface area contributed by atoms with Gasteiger partial charge in [0.1, 0.15) is 5.82 Å². The maximum Gasteiger partial charge on any atom is 0.253 e. The van der Waals surface area contributed by atoms with Gasteiger partial charge < -0.3 is 9.80 Å². The second kappa shape index (κ2) is 10.3. The monoisotopic (exact) mass is 491 g/mol. The molecule has 5 rings (SSSR count).